The predicted molar refractivity (Wildman–Crippen MR) is 56.8 cm³/mol. The number of rotatable bonds is 4. The maximum absolute atomic E-state index is 12.7. The van der Waals surface area contributed by atoms with Crippen LogP contribution in [0.2, 0.25) is 0 Å². The Morgan fingerprint density at radius 3 is 2.45 bits per heavy atom. The Morgan fingerprint density at radius 1 is 1.45 bits per heavy atom. The third-order valence-corrected chi connectivity index (χ3v) is 2.33. The topological polar surface area (TPSA) is 48.4 Å². The van der Waals surface area contributed by atoms with E-state index in [9.17, 15) is 26.7 Å². The maximum atomic E-state index is 12.7. The fourth-order valence-electron chi connectivity index (χ4n) is 1.28. The summed E-state index contributed by atoms with van der Waals surface area (Å²) in [6.07, 6.45) is -8.53. The van der Waals surface area contributed by atoms with Gasteiger partial charge in [-0.2, -0.15) is 0 Å². The zero-order chi connectivity index (χ0) is 15.5. The Labute approximate surface area is 114 Å². The van der Waals surface area contributed by atoms with Gasteiger partial charge in [-0.15, -0.1) is 24.8 Å². The van der Waals surface area contributed by atoms with Gasteiger partial charge in [0.2, 0.25) is 5.88 Å². The highest BCUT2D eigenvalue weighted by atomic mass is 35.5. The second kappa shape index (κ2) is 6.21. The lowest BCUT2D eigenvalue weighted by Crippen LogP contribution is -2.20. The molecule has 0 aliphatic rings. The summed E-state index contributed by atoms with van der Waals surface area (Å²) in [5.41, 5.74) is -1.99. The van der Waals surface area contributed by atoms with Crippen molar-refractivity contribution in [1.82, 2.24) is 4.98 Å². The van der Waals surface area contributed by atoms with E-state index in [1.807, 2.05) is 0 Å². The van der Waals surface area contributed by atoms with Gasteiger partial charge in [0.05, 0.1) is 29.8 Å². The average Bonchev–Trinajstić information content (AvgIpc) is 2.35. The van der Waals surface area contributed by atoms with Gasteiger partial charge in [-0.25, -0.2) is 18.6 Å². The van der Waals surface area contributed by atoms with E-state index in [2.05, 4.69) is 14.5 Å². The van der Waals surface area contributed by atoms with Gasteiger partial charge in [0.1, 0.15) is 0 Å². The molecule has 1 aromatic heterocycles. The van der Waals surface area contributed by atoms with Crippen molar-refractivity contribution < 1.29 is 36.2 Å². The van der Waals surface area contributed by atoms with Crippen molar-refractivity contribution in [3.8, 4) is 5.88 Å². The van der Waals surface area contributed by atoms with E-state index in [1.54, 1.807) is 0 Å². The van der Waals surface area contributed by atoms with Gasteiger partial charge in [0.25, 0.3) is 6.43 Å². The second-order valence-electron chi connectivity index (χ2n) is 3.35. The number of hydrogen-bond donors (Lipinski definition) is 0. The van der Waals surface area contributed by atoms with E-state index in [4.69, 9.17) is 11.6 Å². The minimum atomic E-state index is -5.20. The number of carbonyl (C=O) groups excluding carboxylic acids is 1. The Bertz CT molecular complexity index is 506. The first-order valence-electron chi connectivity index (χ1n) is 4.91. The highest BCUT2D eigenvalue weighted by Crippen LogP contribution is 2.33. The average molecular weight is 320 g/mol. The molecule has 0 radical (unpaired) electrons. The molecule has 0 amide bonds. The SMILES string of the molecule is COC(=O)c1cc(C(F)F)c(OC(F)(F)F)nc1CCl. The molecule has 0 saturated carbocycles. The van der Waals surface area contributed by atoms with E-state index in [0.717, 1.165) is 7.11 Å². The smallest absolute Gasteiger partial charge is 0.465 e. The number of carbonyl (C=O) groups is 1. The van der Waals surface area contributed by atoms with Gasteiger partial charge in [-0.05, 0) is 6.07 Å². The van der Waals surface area contributed by atoms with Crippen molar-refractivity contribution in [2.45, 2.75) is 18.7 Å². The number of hydrogen-bond acceptors (Lipinski definition) is 4. The van der Waals surface area contributed by atoms with Crippen LogP contribution in [0, 0.1) is 0 Å². The molecule has 20 heavy (non-hydrogen) atoms. The highest BCUT2D eigenvalue weighted by molar-refractivity contribution is 6.17. The molecule has 0 aliphatic carbocycles. The van der Waals surface area contributed by atoms with Crippen LogP contribution in [0.3, 0.4) is 0 Å². The molecule has 0 unspecified atom stereocenters. The number of pyridine rings is 1. The van der Waals surface area contributed by atoms with Crippen LogP contribution in [0.5, 0.6) is 5.88 Å². The second-order valence-corrected chi connectivity index (χ2v) is 3.62. The van der Waals surface area contributed by atoms with Gasteiger partial charge < -0.3 is 9.47 Å². The number of ether oxygens (including phenoxy) is 2. The van der Waals surface area contributed by atoms with E-state index < -0.39 is 41.6 Å². The van der Waals surface area contributed by atoms with Crippen LogP contribution in [-0.2, 0) is 10.6 Å². The number of nitrogens with zero attached hydrogens (tertiary/aromatic N) is 1. The van der Waals surface area contributed by atoms with Gasteiger partial charge >= 0.3 is 12.3 Å². The van der Waals surface area contributed by atoms with Crippen molar-refractivity contribution >= 4 is 17.6 Å². The van der Waals surface area contributed by atoms with Crippen LogP contribution in [0.4, 0.5) is 22.0 Å². The first-order valence-corrected chi connectivity index (χ1v) is 5.45. The van der Waals surface area contributed by atoms with Gasteiger partial charge in [-0.3, -0.25) is 0 Å². The molecule has 0 saturated heterocycles. The largest absolute Gasteiger partial charge is 0.574 e. The van der Waals surface area contributed by atoms with Crippen LogP contribution >= 0.6 is 11.6 Å². The van der Waals surface area contributed by atoms with Crippen LogP contribution in [0.25, 0.3) is 0 Å². The lowest BCUT2D eigenvalue weighted by atomic mass is 10.1. The minimum absolute atomic E-state index is 0.359. The molecule has 0 fully saturated rings. The van der Waals surface area contributed by atoms with Crippen LogP contribution in [0.1, 0.15) is 28.0 Å². The van der Waals surface area contributed by atoms with E-state index in [-0.39, 0.29) is 5.69 Å². The van der Waals surface area contributed by atoms with E-state index >= 15 is 0 Å². The zero-order valence-corrected chi connectivity index (χ0v) is 10.6. The summed E-state index contributed by atoms with van der Waals surface area (Å²) < 4.78 is 69.5. The molecule has 0 aliphatic heterocycles. The van der Waals surface area contributed by atoms with Gasteiger partial charge in [0.15, 0.2) is 0 Å². The molecule has 0 atom stereocenters. The molecular formula is C10H7ClF5NO3. The summed E-state index contributed by atoms with van der Waals surface area (Å²) in [5.74, 6) is -2.88. The monoisotopic (exact) mass is 319 g/mol. The number of halogens is 6. The van der Waals surface area contributed by atoms with Gasteiger partial charge in [0, 0.05) is 0 Å². The molecule has 1 heterocycles. The molecule has 0 bridgehead atoms. The number of esters is 1. The summed E-state index contributed by atoms with van der Waals surface area (Å²) in [6, 6.07) is 0.516. The molecule has 0 N–H and O–H groups in total. The first kappa shape index (κ1) is 16.4. The maximum Gasteiger partial charge on any atom is 0.574 e. The molecule has 10 heteroatoms. The summed E-state index contributed by atoms with van der Waals surface area (Å²) >= 11 is 5.41. The number of alkyl halides is 6. The van der Waals surface area contributed by atoms with Crippen LogP contribution < -0.4 is 4.74 Å². The van der Waals surface area contributed by atoms with Crippen molar-refractivity contribution in [3.63, 3.8) is 0 Å². The first-order chi connectivity index (χ1) is 9.19. The fraction of sp³-hybridized carbons (Fsp3) is 0.400. The summed E-state index contributed by atoms with van der Waals surface area (Å²) in [6.45, 7) is 0. The Hall–Kier alpha value is -1.64. The molecular weight excluding hydrogens is 313 g/mol. The Morgan fingerprint density at radius 2 is 2.05 bits per heavy atom. The minimum Gasteiger partial charge on any atom is -0.465 e. The normalized spacial score (nSPS) is 11.6. The van der Waals surface area contributed by atoms with E-state index in [0.29, 0.717) is 6.07 Å². The van der Waals surface area contributed by atoms with Crippen molar-refractivity contribution in [1.29, 1.82) is 0 Å². The van der Waals surface area contributed by atoms with Crippen LogP contribution in [0.15, 0.2) is 6.07 Å². The van der Waals surface area contributed by atoms with Gasteiger partial charge in [-0.1, -0.05) is 0 Å². The molecule has 4 nitrogen and oxygen atoms in total. The van der Waals surface area contributed by atoms with Crippen molar-refractivity contribution in [3.05, 3.63) is 22.9 Å². The highest BCUT2D eigenvalue weighted by Gasteiger charge is 2.35. The Balaban J connectivity index is 3.41. The van der Waals surface area contributed by atoms with Crippen LogP contribution in [-0.4, -0.2) is 24.4 Å². The zero-order valence-electron chi connectivity index (χ0n) is 9.80. The van der Waals surface area contributed by atoms with Crippen molar-refractivity contribution in [2.24, 2.45) is 0 Å². The lowest BCUT2D eigenvalue weighted by molar-refractivity contribution is -0.276. The Kier molecular flexibility index (Phi) is 5.09. The molecule has 1 aromatic rings. The third kappa shape index (κ3) is 3.92. The standard InChI is InChI=1S/C10H7ClF5NO3/c1-19-9(18)4-2-5(7(12)13)8(17-6(4)3-11)20-10(14,15)16/h2,7H,3H2,1H3. The quantitative estimate of drug-likeness (QED) is 0.484. The van der Waals surface area contributed by atoms with Crippen molar-refractivity contribution in [2.75, 3.05) is 7.11 Å². The molecule has 1 rings (SSSR count). The predicted octanol–water partition coefficient (Wildman–Crippen LogP) is 3.44. The summed E-state index contributed by atoms with van der Waals surface area (Å²) in [4.78, 5) is 14.5. The lowest BCUT2D eigenvalue weighted by Gasteiger charge is -2.14. The molecule has 0 spiro atoms. The fourth-order valence-corrected chi connectivity index (χ4v) is 1.49. The number of methoxy groups -OCH3 is 1. The van der Waals surface area contributed by atoms with E-state index in [1.165, 1.54) is 0 Å². The summed E-state index contributed by atoms with van der Waals surface area (Å²) in [5, 5.41) is 0. The third-order valence-electron chi connectivity index (χ3n) is 2.07. The number of aromatic nitrogens is 1. The molecule has 0 aromatic carbocycles. The molecule has 112 valence electrons. The summed E-state index contributed by atoms with van der Waals surface area (Å²) in [7, 11) is 0.975.